The van der Waals surface area contributed by atoms with Crippen molar-refractivity contribution >= 4 is 29.2 Å². The molecule has 0 aliphatic rings. The lowest BCUT2D eigenvalue weighted by molar-refractivity contribution is -0.119. The second-order valence-corrected chi connectivity index (χ2v) is 5.93. The number of nitrogens with one attached hydrogen (secondary N) is 1. The molecular weight excluding hydrogens is 333 g/mol. The molecule has 126 valence electrons. The van der Waals surface area contributed by atoms with Crippen LogP contribution in [0.4, 0.5) is 10.1 Å². The molecule has 4 nitrogen and oxygen atoms in total. The number of esters is 1. The van der Waals surface area contributed by atoms with Crippen LogP contribution in [-0.4, -0.2) is 18.5 Å². The van der Waals surface area contributed by atoms with Crippen LogP contribution in [0.2, 0.25) is 5.02 Å². The largest absolute Gasteiger partial charge is 0.452 e. The third-order valence-corrected chi connectivity index (χ3v) is 3.73. The third kappa shape index (κ3) is 4.32. The lowest BCUT2D eigenvalue weighted by Crippen LogP contribution is -2.22. The van der Waals surface area contributed by atoms with Gasteiger partial charge in [0, 0.05) is 0 Å². The number of amides is 1. The molecule has 1 amide bonds. The zero-order valence-corrected chi connectivity index (χ0v) is 14.3. The van der Waals surface area contributed by atoms with Crippen LogP contribution in [0.15, 0.2) is 30.3 Å². The van der Waals surface area contributed by atoms with Crippen molar-refractivity contribution < 1.29 is 18.7 Å². The average Bonchev–Trinajstić information content (AvgIpc) is 2.47. The van der Waals surface area contributed by atoms with Gasteiger partial charge in [-0.05, 0) is 50.1 Å². The number of benzene rings is 2. The number of rotatable bonds is 4. The highest BCUT2D eigenvalue weighted by Gasteiger charge is 2.16. The summed E-state index contributed by atoms with van der Waals surface area (Å²) < 4.78 is 18.0. The van der Waals surface area contributed by atoms with Crippen LogP contribution in [0.25, 0.3) is 0 Å². The Morgan fingerprint density at radius 3 is 2.33 bits per heavy atom. The predicted molar refractivity (Wildman–Crippen MR) is 91.0 cm³/mol. The van der Waals surface area contributed by atoms with E-state index in [0.717, 1.165) is 22.8 Å². The van der Waals surface area contributed by atoms with Gasteiger partial charge in [0.1, 0.15) is 5.82 Å². The number of ether oxygens (including phenoxy) is 1. The van der Waals surface area contributed by atoms with Crippen molar-refractivity contribution in [2.75, 3.05) is 11.9 Å². The van der Waals surface area contributed by atoms with Gasteiger partial charge < -0.3 is 10.1 Å². The maximum Gasteiger partial charge on any atom is 0.339 e. The highest BCUT2D eigenvalue weighted by atomic mass is 35.5. The minimum Gasteiger partial charge on any atom is -0.452 e. The number of carbonyl (C=O) groups excluding carboxylic acids is 2. The van der Waals surface area contributed by atoms with Crippen molar-refractivity contribution in [3.63, 3.8) is 0 Å². The van der Waals surface area contributed by atoms with Crippen molar-refractivity contribution in [3.8, 4) is 0 Å². The number of hydrogen-bond acceptors (Lipinski definition) is 3. The van der Waals surface area contributed by atoms with E-state index < -0.39 is 24.3 Å². The third-order valence-electron chi connectivity index (χ3n) is 3.42. The zero-order valence-electron chi connectivity index (χ0n) is 13.6. The van der Waals surface area contributed by atoms with E-state index in [1.54, 1.807) is 0 Å². The van der Waals surface area contributed by atoms with Gasteiger partial charge in [-0.1, -0.05) is 29.3 Å². The second kappa shape index (κ2) is 7.45. The van der Waals surface area contributed by atoms with E-state index in [-0.39, 0.29) is 10.7 Å². The van der Waals surface area contributed by atoms with Crippen LogP contribution >= 0.6 is 11.6 Å². The van der Waals surface area contributed by atoms with Crippen LogP contribution in [-0.2, 0) is 9.53 Å². The maximum absolute atomic E-state index is 13.0. The lowest BCUT2D eigenvalue weighted by Gasteiger charge is -2.11. The minimum absolute atomic E-state index is 0.0694. The Balaban J connectivity index is 2.00. The fourth-order valence-corrected chi connectivity index (χ4v) is 2.70. The molecule has 2 aromatic rings. The number of halogens is 2. The van der Waals surface area contributed by atoms with Crippen LogP contribution in [0.1, 0.15) is 27.0 Å². The van der Waals surface area contributed by atoms with Gasteiger partial charge in [-0.15, -0.1) is 0 Å². The summed E-state index contributed by atoms with van der Waals surface area (Å²) in [5, 5.41) is 2.54. The highest BCUT2D eigenvalue weighted by Crippen LogP contribution is 2.22. The Labute approximate surface area is 144 Å². The van der Waals surface area contributed by atoms with Crippen molar-refractivity contribution in [2.45, 2.75) is 20.8 Å². The summed E-state index contributed by atoms with van der Waals surface area (Å²) in [6.45, 7) is 5.11. The summed E-state index contributed by atoms with van der Waals surface area (Å²) in [5.74, 6) is -1.63. The van der Waals surface area contributed by atoms with Gasteiger partial charge in [0.05, 0.1) is 16.3 Å². The summed E-state index contributed by atoms with van der Waals surface area (Å²) in [4.78, 5) is 24.1. The molecule has 1 N–H and O–H groups in total. The molecule has 0 heterocycles. The normalized spacial score (nSPS) is 10.4. The van der Waals surface area contributed by atoms with Gasteiger partial charge in [0.25, 0.3) is 5.91 Å². The lowest BCUT2D eigenvalue weighted by atomic mass is 10.00. The Bertz CT molecular complexity index is 782. The average molecular weight is 350 g/mol. The summed E-state index contributed by atoms with van der Waals surface area (Å²) in [6, 6.07) is 7.35. The van der Waals surface area contributed by atoms with Crippen LogP contribution in [0, 0.1) is 26.6 Å². The zero-order chi connectivity index (χ0) is 17.9. The fourth-order valence-electron chi connectivity index (χ4n) is 2.48. The van der Waals surface area contributed by atoms with Crippen molar-refractivity contribution in [1.82, 2.24) is 0 Å². The van der Waals surface area contributed by atoms with E-state index in [9.17, 15) is 14.0 Å². The summed E-state index contributed by atoms with van der Waals surface area (Å²) in [5.41, 5.74) is 3.33. The molecule has 0 aliphatic carbocycles. The van der Waals surface area contributed by atoms with E-state index in [1.807, 2.05) is 32.9 Å². The summed E-state index contributed by atoms with van der Waals surface area (Å²) in [6.07, 6.45) is 0. The molecule has 2 rings (SSSR count). The van der Waals surface area contributed by atoms with Crippen LogP contribution < -0.4 is 5.32 Å². The van der Waals surface area contributed by atoms with Gasteiger partial charge in [-0.25, -0.2) is 9.18 Å². The van der Waals surface area contributed by atoms with Gasteiger partial charge in [0.15, 0.2) is 6.61 Å². The molecular formula is C18H17ClFNO3. The maximum atomic E-state index is 13.0. The Hall–Kier alpha value is -2.40. The SMILES string of the molecule is Cc1cc(C)c(C(=O)OCC(=O)Nc2ccc(F)cc2Cl)c(C)c1. The van der Waals surface area contributed by atoms with Crippen molar-refractivity contribution in [2.24, 2.45) is 0 Å². The predicted octanol–water partition coefficient (Wildman–Crippen LogP) is 4.20. The van der Waals surface area contributed by atoms with Crippen LogP contribution in [0.3, 0.4) is 0 Å². The quantitative estimate of drug-likeness (QED) is 0.842. The first-order valence-corrected chi connectivity index (χ1v) is 7.65. The standard InChI is InChI=1S/C18H17ClFNO3/c1-10-6-11(2)17(12(3)7-10)18(23)24-9-16(22)21-15-5-4-13(20)8-14(15)19/h4-8H,9H2,1-3H3,(H,21,22). The van der Waals surface area contributed by atoms with E-state index in [1.165, 1.54) is 12.1 Å². The van der Waals surface area contributed by atoms with E-state index in [0.29, 0.717) is 5.56 Å². The molecule has 24 heavy (non-hydrogen) atoms. The van der Waals surface area contributed by atoms with Gasteiger partial charge in [-0.3, -0.25) is 4.79 Å². The van der Waals surface area contributed by atoms with Gasteiger partial charge in [0.2, 0.25) is 0 Å². The molecule has 0 aromatic heterocycles. The first-order chi connectivity index (χ1) is 11.3. The molecule has 6 heteroatoms. The molecule has 0 atom stereocenters. The molecule has 0 spiro atoms. The summed E-state index contributed by atoms with van der Waals surface area (Å²) in [7, 11) is 0. The van der Waals surface area contributed by atoms with E-state index >= 15 is 0 Å². The number of hydrogen-bond donors (Lipinski definition) is 1. The monoisotopic (exact) mass is 349 g/mol. The van der Waals surface area contributed by atoms with Crippen molar-refractivity contribution in [3.05, 3.63) is 63.4 Å². The smallest absolute Gasteiger partial charge is 0.339 e. The van der Waals surface area contributed by atoms with Gasteiger partial charge >= 0.3 is 5.97 Å². The number of aryl methyl sites for hydroxylation is 3. The molecule has 0 bridgehead atoms. The molecule has 0 saturated heterocycles. The fraction of sp³-hybridized carbons (Fsp3) is 0.222. The minimum atomic E-state index is -0.564. The molecule has 0 unspecified atom stereocenters. The topological polar surface area (TPSA) is 55.4 Å². The molecule has 0 fully saturated rings. The van der Waals surface area contributed by atoms with Crippen LogP contribution in [0.5, 0.6) is 0 Å². The van der Waals surface area contributed by atoms with E-state index in [4.69, 9.17) is 16.3 Å². The molecule has 0 saturated carbocycles. The van der Waals surface area contributed by atoms with Gasteiger partial charge in [-0.2, -0.15) is 0 Å². The first-order valence-electron chi connectivity index (χ1n) is 7.28. The van der Waals surface area contributed by atoms with E-state index in [2.05, 4.69) is 5.32 Å². The number of carbonyl (C=O) groups is 2. The first kappa shape index (κ1) is 17.9. The Morgan fingerprint density at radius 1 is 1.12 bits per heavy atom. The summed E-state index contributed by atoms with van der Waals surface area (Å²) >= 11 is 5.83. The Morgan fingerprint density at radius 2 is 1.75 bits per heavy atom. The second-order valence-electron chi connectivity index (χ2n) is 5.52. The van der Waals surface area contributed by atoms with Crippen molar-refractivity contribution in [1.29, 1.82) is 0 Å². The molecule has 0 radical (unpaired) electrons. The highest BCUT2D eigenvalue weighted by molar-refractivity contribution is 6.33. The molecule has 2 aromatic carbocycles. The Kier molecular flexibility index (Phi) is 5.57. The number of anilines is 1. The molecule has 0 aliphatic heterocycles.